The van der Waals surface area contributed by atoms with Gasteiger partial charge in [-0.05, 0) is 49.4 Å². The smallest absolute Gasteiger partial charge is 0.259 e. The Labute approximate surface area is 144 Å². The summed E-state index contributed by atoms with van der Waals surface area (Å²) in [5.41, 5.74) is 6.37. The van der Waals surface area contributed by atoms with Gasteiger partial charge in [0.2, 0.25) is 0 Å². The van der Waals surface area contributed by atoms with Gasteiger partial charge in [-0.1, -0.05) is 18.2 Å². The van der Waals surface area contributed by atoms with E-state index < -0.39 is 11.7 Å². The Bertz CT molecular complexity index is 897. The molecule has 5 nitrogen and oxygen atoms in total. The van der Waals surface area contributed by atoms with Crippen LogP contribution in [-0.2, 0) is 0 Å². The first-order valence-electron chi connectivity index (χ1n) is 7.60. The number of aromatic nitrogens is 1. The molecule has 0 saturated carbocycles. The lowest BCUT2D eigenvalue weighted by Crippen LogP contribution is -2.16. The summed E-state index contributed by atoms with van der Waals surface area (Å²) < 4.78 is 19.3. The molecule has 126 valence electrons. The van der Waals surface area contributed by atoms with Crippen LogP contribution < -0.4 is 15.8 Å². The number of anilines is 2. The summed E-state index contributed by atoms with van der Waals surface area (Å²) in [7, 11) is 0. The van der Waals surface area contributed by atoms with Crippen LogP contribution in [-0.4, -0.2) is 10.9 Å². The number of carbonyl (C=O) groups excluding carboxylic acids is 1. The van der Waals surface area contributed by atoms with Gasteiger partial charge in [-0.15, -0.1) is 0 Å². The number of halogens is 1. The number of nitrogens with zero attached hydrogens (tertiary/aromatic N) is 1. The average Bonchev–Trinajstić information content (AvgIpc) is 2.60. The number of pyridine rings is 1. The van der Waals surface area contributed by atoms with Crippen molar-refractivity contribution in [3.8, 4) is 11.5 Å². The molecule has 0 spiro atoms. The van der Waals surface area contributed by atoms with Crippen LogP contribution in [0.2, 0.25) is 0 Å². The van der Waals surface area contributed by atoms with Crippen molar-refractivity contribution in [2.75, 3.05) is 11.1 Å². The van der Waals surface area contributed by atoms with Crippen LogP contribution in [0.15, 0.2) is 60.7 Å². The monoisotopic (exact) mass is 337 g/mol. The van der Waals surface area contributed by atoms with Gasteiger partial charge in [0.1, 0.15) is 23.1 Å². The molecular formula is C19H16FN3O2. The Morgan fingerprint density at radius 3 is 2.40 bits per heavy atom. The van der Waals surface area contributed by atoms with Crippen LogP contribution in [0.5, 0.6) is 11.5 Å². The molecule has 0 aliphatic heterocycles. The van der Waals surface area contributed by atoms with Crippen molar-refractivity contribution in [2.45, 2.75) is 6.92 Å². The fraction of sp³-hybridized carbons (Fsp3) is 0.0526. The Hall–Kier alpha value is -3.41. The molecule has 1 aromatic heterocycles. The van der Waals surface area contributed by atoms with E-state index in [9.17, 15) is 9.18 Å². The number of rotatable bonds is 4. The highest BCUT2D eigenvalue weighted by atomic mass is 19.1. The average molecular weight is 337 g/mol. The summed E-state index contributed by atoms with van der Waals surface area (Å²) in [4.78, 5) is 16.1. The molecule has 0 bridgehead atoms. The second-order valence-corrected chi connectivity index (χ2v) is 5.38. The zero-order chi connectivity index (χ0) is 17.8. The molecule has 0 saturated heterocycles. The molecule has 6 heteroatoms. The fourth-order valence-electron chi connectivity index (χ4n) is 2.21. The molecule has 25 heavy (non-hydrogen) atoms. The van der Waals surface area contributed by atoms with E-state index in [-0.39, 0.29) is 17.1 Å². The van der Waals surface area contributed by atoms with E-state index in [2.05, 4.69) is 10.3 Å². The van der Waals surface area contributed by atoms with Crippen LogP contribution in [0.1, 0.15) is 16.1 Å². The van der Waals surface area contributed by atoms with E-state index in [4.69, 9.17) is 10.5 Å². The van der Waals surface area contributed by atoms with Crippen molar-refractivity contribution in [3.05, 3.63) is 77.7 Å². The summed E-state index contributed by atoms with van der Waals surface area (Å²) >= 11 is 0. The predicted molar refractivity (Wildman–Crippen MR) is 94.3 cm³/mol. The van der Waals surface area contributed by atoms with Gasteiger partial charge in [0, 0.05) is 5.69 Å². The number of nitrogen functional groups attached to an aromatic ring is 1. The summed E-state index contributed by atoms with van der Waals surface area (Å²) in [6.07, 6.45) is 0. The lowest BCUT2D eigenvalue weighted by atomic mass is 10.2. The molecule has 3 aromatic rings. The second-order valence-electron chi connectivity index (χ2n) is 5.38. The quantitative estimate of drug-likeness (QED) is 0.749. The lowest BCUT2D eigenvalue weighted by Gasteiger charge is -2.09. The molecule has 3 N–H and O–H groups in total. The Morgan fingerprint density at radius 1 is 1.08 bits per heavy atom. The first kappa shape index (κ1) is 16.4. The highest BCUT2D eigenvalue weighted by molar-refractivity contribution is 6.07. The maximum Gasteiger partial charge on any atom is 0.259 e. The van der Waals surface area contributed by atoms with Gasteiger partial charge < -0.3 is 15.8 Å². The van der Waals surface area contributed by atoms with Crippen molar-refractivity contribution in [2.24, 2.45) is 0 Å². The van der Waals surface area contributed by atoms with E-state index in [0.717, 1.165) is 6.07 Å². The van der Waals surface area contributed by atoms with Crippen LogP contribution >= 0.6 is 0 Å². The van der Waals surface area contributed by atoms with Gasteiger partial charge in [0.05, 0.1) is 11.3 Å². The number of hydrogen-bond acceptors (Lipinski definition) is 4. The molecule has 0 aliphatic rings. The van der Waals surface area contributed by atoms with E-state index >= 15 is 0 Å². The first-order valence-corrected chi connectivity index (χ1v) is 7.60. The minimum absolute atomic E-state index is 0.00675. The number of nitrogens with one attached hydrogen (secondary N) is 1. The molecule has 1 amide bonds. The zero-order valence-corrected chi connectivity index (χ0v) is 13.5. The van der Waals surface area contributed by atoms with Gasteiger partial charge in [-0.3, -0.25) is 4.79 Å². The number of aryl methyl sites for hydroxylation is 1. The van der Waals surface area contributed by atoms with E-state index in [0.29, 0.717) is 17.2 Å². The van der Waals surface area contributed by atoms with Crippen LogP contribution in [0, 0.1) is 12.7 Å². The zero-order valence-electron chi connectivity index (χ0n) is 13.5. The number of ether oxygens (including phenoxy) is 1. The minimum Gasteiger partial charge on any atom is -0.457 e. The van der Waals surface area contributed by atoms with Gasteiger partial charge in [-0.25, -0.2) is 9.37 Å². The van der Waals surface area contributed by atoms with Crippen molar-refractivity contribution >= 4 is 17.4 Å². The SMILES string of the molecule is Cc1nc(N)c(C(=O)Nc2ccc(Oc3ccccc3)cc2)cc1F. The highest BCUT2D eigenvalue weighted by Crippen LogP contribution is 2.23. The van der Waals surface area contributed by atoms with Gasteiger partial charge >= 0.3 is 0 Å². The van der Waals surface area contributed by atoms with Gasteiger partial charge in [0.25, 0.3) is 5.91 Å². The Balaban J connectivity index is 1.71. The molecule has 0 atom stereocenters. The maximum absolute atomic E-state index is 13.6. The van der Waals surface area contributed by atoms with Crippen LogP contribution in [0.4, 0.5) is 15.9 Å². The predicted octanol–water partition coefficient (Wildman–Crippen LogP) is 4.16. The molecular weight excluding hydrogens is 321 g/mol. The van der Waals surface area contributed by atoms with Gasteiger partial charge in [0.15, 0.2) is 0 Å². The molecule has 0 unspecified atom stereocenters. The second kappa shape index (κ2) is 7.00. The third-order valence-corrected chi connectivity index (χ3v) is 3.52. The normalized spacial score (nSPS) is 10.3. The van der Waals surface area contributed by atoms with Crippen molar-refractivity contribution < 1.29 is 13.9 Å². The van der Waals surface area contributed by atoms with Gasteiger partial charge in [-0.2, -0.15) is 0 Å². The number of nitrogens with two attached hydrogens (primary N) is 1. The highest BCUT2D eigenvalue weighted by Gasteiger charge is 2.14. The topological polar surface area (TPSA) is 77.2 Å². The summed E-state index contributed by atoms with van der Waals surface area (Å²) in [6.45, 7) is 1.48. The van der Waals surface area contributed by atoms with Crippen LogP contribution in [0.25, 0.3) is 0 Å². The number of benzene rings is 2. The Kier molecular flexibility index (Phi) is 4.61. The molecule has 2 aromatic carbocycles. The molecule has 0 fully saturated rings. The summed E-state index contributed by atoms with van der Waals surface area (Å²) in [5.74, 6) is 0.229. The molecule has 0 radical (unpaired) electrons. The molecule has 0 aliphatic carbocycles. The number of amides is 1. The third kappa shape index (κ3) is 3.92. The third-order valence-electron chi connectivity index (χ3n) is 3.52. The number of hydrogen-bond donors (Lipinski definition) is 2. The standard InChI is InChI=1S/C19H16FN3O2/c1-12-17(20)11-16(18(21)22-12)19(24)23-13-7-9-15(10-8-13)25-14-5-3-2-4-6-14/h2-11H,1H3,(H2,21,22)(H,23,24). The molecule has 3 rings (SSSR count). The summed E-state index contributed by atoms with van der Waals surface area (Å²) in [6, 6.07) is 17.2. The summed E-state index contributed by atoms with van der Waals surface area (Å²) in [5, 5.41) is 2.66. The largest absolute Gasteiger partial charge is 0.457 e. The van der Waals surface area contributed by atoms with Crippen LogP contribution in [0.3, 0.4) is 0 Å². The van der Waals surface area contributed by atoms with Crippen molar-refractivity contribution in [1.82, 2.24) is 4.98 Å². The minimum atomic E-state index is -0.578. The Morgan fingerprint density at radius 2 is 1.72 bits per heavy atom. The fourth-order valence-corrected chi connectivity index (χ4v) is 2.21. The first-order chi connectivity index (χ1) is 12.0. The van der Waals surface area contributed by atoms with E-state index in [1.165, 1.54) is 6.92 Å². The van der Waals surface area contributed by atoms with E-state index in [1.807, 2.05) is 30.3 Å². The molecule has 1 heterocycles. The lowest BCUT2D eigenvalue weighted by molar-refractivity contribution is 0.102. The van der Waals surface area contributed by atoms with Crippen molar-refractivity contribution in [1.29, 1.82) is 0 Å². The van der Waals surface area contributed by atoms with E-state index in [1.54, 1.807) is 24.3 Å². The number of carbonyl (C=O) groups is 1. The number of para-hydroxylation sites is 1. The van der Waals surface area contributed by atoms with Crippen molar-refractivity contribution in [3.63, 3.8) is 0 Å². The maximum atomic E-state index is 13.6.